The highest BCUT2D eigenvalue weighted by Gasteiger charge is 2.12. The van der Waals surface area contributed by atoms with Crippen molar-refractivity contribution in [3.63, 3.8) is 0 Å². The van der Waals surface area contributed by atoms with Crippen LogP contribution >= 0.6 is 0 Å². The minimum Gasteiger partial charge on any atom is -0.497 e. The molecule has 0 saturated heterocycles. The summed E-state index contributed by atoms with van der Waals surface area (Å²) in [6.07, 6.45) is 2.96. The van der Waals surface area contributed by atoms with Crippen LogP contribution in [0.5, 0.6) is 5.75 Å². The molecule has 0 fully saturated rings. The van der Waals surface area contributed by atoms with E-state index >= 15 is 0 Å². The minimum absolute atomic E-state index is 0.115. The number of benzene rings is 2. The van der Waals surface area contributed by atoms with E-state index in [2.05, 4.69) is 10.1 Å². The molecule has 6 heteroatoms. The number of fused-ring (bicyclic) bond motifs is 1. The van der Waals surface area contributed by atoms with Gasteiger partial charge in [-0.2, -0.15) is 9.78 Å². The summed E-state index contributed by atoms with van der Waals surface area (Å²) in [5.41, 5.74) is 1.47. The average Bonchev–Trinajstić information content (AvgIpc) is 2.69. The molecule has 0 N–H and O–H groups in total. The Hall–Kier alpha value is -3.54. The van der Waals surface area contributed by atoms with Crippen LogP contribution in [0.1, 0.15) is 0 Å². The number of hydrogen-bond donors (Lipinski definition) is 0. The lowest BCUT2D eigenvalue weighted by atomic mass is 10.0. The maximum atomic E-state index is 13.9. The van der Waals surface area contributed by atoms with E-state index < -0.39 is 11.4 Å². The van der Waals surface area contributed by atoms with Crippen LogP contribution in [0.15, 0.2) is 71.8 Å². The van der Waals surface area contributed by atoms with Crippen molar-refractivity contribution in [3.05, 3.63) is 83.2 Å². The molecule has 4 rings (SSSR count). The Morgan fingerprint density at radius 3 is 2.69 bits per heavy atom. The van der Waals surface area contributed by atoms with E-state index in [4.69, 9.17) is 4.74 Å². The van der Waals surface area contributed by atoms with Crippen molar-refractivity contribution in [1.29, 1.82) is 0 Å². The highest BCUT2D eigenvalue weighted by molar-refractivity contribution is 5.86. The molecule has 0 unspecified atom stereocenters. The van der Waals surface area contributed by atoms with Crippen molar-refractivity contribution >= 4 is 10.8 Å². The van der Waals surface area contributed by atoms with E-state index in [1.54, 1.807) is 13.2 Å². The van der Waals surface area contributed by atoms with Crippen LogP contribution in [0.25, 0.3) is 27.7 Å². The first-order chi connectivity index (χ1) is 12.7. The molecular formula is C20H14FN3O2. The molecule has 0 atom stereocenters. The number of pyridine rings is 1. The molecule has 0 aliphatic heterocycles. The summed E-state index contributed by atoms with van der Waals surface area (Å²) in [6, 6.07) is 15.8. The van der Waals surface area contributed by atoms with Gasteiger partial charge in [0.2, 0.25) is 0 Å². The van der Waals surface area contributed by atoms with Gasteiger partial charge in [0.05, 0.1) is 18.7 Å². The molecule has 0 spiro atoms. The number of methoxy groups -OCH3 is 1. The van der Waals surface area contributed by atoms with Crippen molar-refractivity contribution in [2.45, 2.75) is 0 Å². The number of hydrogen-bond acceptors (Lipinski definition) is 4. The van der Waals surface area contributed by atoms with Gasteiger partial charge in [-0.15, -0.1) is 0 Å². The summed E-state index contributed by atoms with van der Waals surface area (Å²) in [5, 5.41) is 5.19. The second kappa shape index (κ2) is 6.40. The highest BCUT2D eigenvalue weighted by atomic mass is 19.1. The number of aromatic nitrogens is 3. The summed E-state index contributed by atoms with van der Waals surface area (Å²) >= 11 is 0. The Kier molecular flexibility index (Phi) is 3.93. The normalized spacial score (nSPS) is 10.8. The van der Waals surface area contributed by atoms with Crippen LogP contribution in [0.3, 0.4) is 0 Å². The molecule has 0 saturated carbocycles. The Morgan fingerprint density at radius 1 is 1.04 bits per heavy atom. The second-order valence-electron chi connectivity index (χ2n) is 5.70. The fourth-order valence-corrected chi connectivity index (χ4v) is 2.82. The molecule has 26 heavy (non-hydrogen) atoms. The van der Waals surface area contributed by atoms with Crippen LogP contribution in [0.2, 0.25) is 0 Å². The first kappa shape index (κ1) is 16.0. The summed E-state index contributed by atoms with van der Waals surface area (Å²) in [7, 11) is 1.61. The molecule has 2 heterocycles. The Bertz CT molecular complexity index is 1170. The molecule has 0 amide bonds. The van der Waals surface area contributed by atoms with Crippen LogP contribution in [-0.2, 0) is 0 Å². The first-order valence-corrected chi connectivity index (χ1v) is 7.95. The molecule has 4 aromatic rings. The van der Waals surface area contributed by atoms with Gasteiger partial charge in [-0.05, 0) is 47.5 Å². The van der Waals surface area contributed by atoms with E-state index in [-0.39, 0.29) is 5.82 Å². The van der Waals surface area contributed by atoms with E-state index in [0.717, 1.165) is 21.6 Å². The van der Waals surface area contributed by atoms with E-state index in [9.17, 15) is 9.18 Å². The molecule has 128 valence electrons. The third kappa shape index (κ3) is 2.71. The fourth-order valence-electron chi connectivity index (χ4n) is 2.82. The second-order valence-corrected chi connectivity index (χ2v) is 5.70. The third-order valence-electron chi connectivity index (χ3n) is 4.13. The van der Waals surface area contributed by atoms with Gasteiger partial charge in [0.1, 0.15) is 5.75 Å². The van der Waals surface area contributed by atoms with Crippen molar-refractivity contribution in [3.8, 4) is 22.7 Å². The lowest BCUT2D eigenvalue weighted by Crippen LogP contribution is -2.22. The molecule has 0 aliphatic carbocycles. The van der Waals surface area contributed by atoms with Crippen LogP contribution in [0.4, 0.5) is 4.39 Å². The molecule has 5 nitrogen and oxygen atoms in total. The van der Waals surface area contributed by atoms with E-state index in [1.165, 1.54) is 24.5 Å². The van der Waals surface area contributed by atoms with Crippen LogP contribution < -0.4 is 10.3 Å². The predicted molar refractivity (Wildman–Crippen MR) is 97.1 cm³/mol. The van der Waals surface area contributed by atoms with E-state index in [1.807, 2.05) is 36.4 Å². The standard InChI is InChI=1S/C20H14FN3O2/c1-26-16-5-2-4-13(11-16)14-7-8-17-15(10-14)12-23-24(20(17)25)19-18(21)6-3-9-22-19/h2-12H,1H3. The van der Waals surface area contributed by atoms with Crippen molar-refractivity contribution in [1.82, 2.24) is 14.8 Å². The average molecular weight is 347 g/mol. The van der Waals surface area contributed by atoms with Gasteiger partial charge in [-0.3, -0.25) is 4.79 Å². The molecule has 0 bridgehead atoms. The van der Waals surface area contributed by atoms with Crippen molar-refractivity contribution in [2.75, 3.05) is 7.11 Å². The quantitative estimate of drug-likeness (QED) is 0.568. The largest absolute Gasteiger partial charge is 0.497 e. The van der Waals surface area contributed by atoms with Crippen LogP contribution in [-0.4, -0.2) is 21.9 Å². The maximum absolute atomic E-state index is 13.9. The van der Waals surface area contributed by atoms with E-state index in [0.29, 0.717) is 10.8 Å². The lowest BCUT2D eigenvalue weighted by molar-refractivity contribution is 0.415. The monoisotopic (exact) mass is 347 g/mol. The van der Waals surface area contributed by atoms with Crippen LogP contribution in [0, 0.1) is 5.82 Å². The minimum atomic E-state index is -0.602. The first-order valence-electron chi connectivity index (χ1n) is 7.95. The summed E-state index contributed by atoms with van der Waals surface area (Å²) in [6.45, 7) is 0. The number of nitrogens with zero attached hydrogens (tertiary/aromatic N) is 3. The van der Waals surface area contributed by atoms with Gasteiger partial charge < -0.3 is 4.74 Å². The third-order valence-corrected chi connectivity index (χ3v) is 4.13. The summed E-state index contributed by atoms with van der Waals surface area (Å²) in [5.74, 6) is 0.0347. The van der Waals surface area contributed by atoms with Crippen molar-refractivity contribution in [2.24, 2.45) is 0 Å². The van der Waals surface area contributed by atoms with Gasteiger partial charge in [0.25, 0.3) is 5.56 Å². The zero-order valence-electron chi connectivity index (χ0n) is 13.9. The summed E-state index contributed by atoms with van der Waals surface area (Å²) < 4.78 is 20.2. The van der Waals surface area contributed by atoms with Gasteiger partial charge >= 0.3 is 0 Å². The Morgan fingerprint density at radius 2 is 1.88 bits per heavy atom. The summed E-state index contributed by atoms with van der Waals surface area (Å²) in [4.78, 5) is 16.6. The van der Waals surface area contributed by atoms with Gasteiger partial charge in [0, 0.05) is 11.6 Å². The fraction of sp³-hybridized carbons (Fsp3) is 0.0500. The number of ether oxygens (including phenoxy) is 1. The number of rotatable bonds is 3. The zero-order chi connectivity index (χ0) is 18.1. The molecule has 2 aromatic heterocycles. The van der Waals surface area contributed by atoms with Gasteiger partial charge in [-0.1, -0.05) is 18.2 Å². The molecular weight excluding hydrogens is 333 g/mol. The van der Waals surface area contributed by atoms with Crippen molar-refractivity contribution < 1.29 is 9.13 Å². The molecule has 2 aromatic carbocycles. The molecule has 0 radical (unpaired) electrons. The Balaban J connectivity index is 1.85. The zero-order valence-corrected chi connectivity index (χ0v) is 13.9. The highest BCUT2D eigenvalue weighted by Crippen LogP contribution is 2.26. The maximum Gasteiger partial charge on any atom is 0.280 e. The SMILES string of the molecule is COc1cccc(-c2ccc3c(=O)n(-c4ncccc4F)ncc3c2)c1. The topological polar surface area (TPSA) is 57.0 Å². The van der Waals surface area contributed by atoms with Gasteiger partial charge in [-0.25, -0.2) is 9.37 Å². The predicted octanol–water partition coefficient (Wildman–Crippen LogP) is 3.60. The number of halogens is 1. The molecule has 0 aliphatic rings. The Labute approximate surface area is 148 Å². The lowest BCUT2D eigenvalue weighted by Gasteiger charge is -2.08. The van der Waals surface area contributed by atoms with Gasteiger partial charge in [0.15, 0.2) is 11.6 Å². The smallest absolute Gasteiger partial charge is 0.280 e.